The first kappa shape index (κ1) is 38.8. The Morgan fingerprint density at radius 1 is 0.396 bits per heavy atom. The predicted octanol–water partition coefficient (Wildman–Crippen LogP) is 14.8. The Kier molecular flexibility index (Phi) is 19.6. The lowest BCUT2D eigenvalue weighted by Gasteiger charge is -2.29. The Morgan fingerprint density at radius 3 is 1.06 bits per heavy atom. The van der Waals surface area contributed by atoms with Gasteiger partial charge in [0.1, 0.15) is 11.5 Å². The molecule has 0 heterocycles. The number of rotatable bonds is 25. The van der Waals surface area contributed by atoms with Crippen molar-refractivity contribution in [1.82, 2.24) is 0 Å². The molecule has 0 aromatic heterocycles. The number of hydrogen-bond acceptors (Lipinski definition) is 2. The quantitative estimate of drug-likeness (QED) is 0.0988. The maximum absolute atomic E-state index is 6.08. The summed E-state index contributed by atoms with van der Waals surface area (Å²) in [7, 11) is 0. The van der Waals surface area contributed by atoms with E-state index in [-0.39, 0.29) is 0 Å². The van der Waals surface area contributed by atoms with Crippen LogP contribution in [-0.4, -0.2) is 13.2 Å². The van der Waals surface area contributed by atoms with Crippen molar-refractivity contribution in [2.45, 2.75) is 193 Å². The zero-order valence-corrected chi connectivity index (χ0v) is 31.5. The monoisotopic (exact) mass is 659 g/mol. The van der Waals surface area contributed by atoms with E-state index >= 15 is 0 Å². The van der Waals surface area contributed by atoms with Crippen LogP contribution in [0.2, 0.25) is 0 Å². The van der Waals surface area contributed by atoms with E-state index in [2.05, 4.69) is 62.4 Å². The maximum atomic E-state index is 6.08. The highest BCUT2D eigenvalue weighted by Gasteiger charge is 2.23. The van der Waals surface area contributed by atoms with Crippen LogP contribution in [0.3, 0.4) is 0 Å². The van der Waals surface area contributed by atoms with Crippen molar-refractivity contribution in [2.75, 3.05) is 13.2 Å². The van der Waals surface area contributed by atoms with Crippen molar-refractivity contribution >= 4 is 0 Å². The first-order valence-corrected chi connectivity index (χ1v) is 21.2. The average Bonchev–Trinajstić information content (AvgIpc) is 3.13. The standard InChI is InChI=1S/C46H74O2/c1-3-5-15-19-39-21-25-41(26-22-39)43-29-33-45(34-30-43)47-37-17-13-11-9-7-8-10-12-14-18-38-48-46-35-31-44(32-36-46)42-27-23-40(24-28-42)20-16-6-4-2/h29-36,39-42H,3-28,37-38H2,1-2H3. The Bertz CT molecular complexity index is 941. The molecule has 2 aliphatic rings. The summed E-state index contributed by atoms with van der Waals surface area (Å²) in [5, 5.41) is 0. The van der Waals surface area contributed by atoms with E-state index in [4.69, 9.17) is 9.47 Å². The molecule has 48 heavy (non-hydrogen) atoms. The Balaban J connectivity index is 0.911. The van der Waals surface area contributed by atoms with Gasteiger partial charge < -0.3 is 9.47 Å². The van der Waals surface area contributed by atoms with Gasteiger partial charge >= 0.3 is 0 Å². The molecular formula is C46H74O2. The van der Waals surface area contributed by atoms with E-state index in [0.29, 0.717) is 0 Å². The second kappa shape index (κ2) is 24.2. The summed E-state index contributed by atoms with van der Waals surface area (Å²) in [4.78, 5) is 0. The van der Waals surface area contributed by atoms with Gasteiger partial charge in [-0.05, 0) is 123 Å². The highest BCUT2D eigenvalue weighted by Crippen LogP contribution is 2.39. The summed E-state index contributed by atoms with van der Waals surface area (Å²) in [5.74, 6) is 5.61. The molecule has 4 rings (SSSR count). The smallest absolute Gasteiger partial charge is 0.119 e. The van der Waals surface area contributed by atoms with Crippen LogP contribution in [-0.2, 0) is 0 Å². The van der Waals surface area contributed by atoms with E-state index < -0.39 is 0 Å². The van der Waals surface area contributed by atoms with Crippen molar-refractivity contribution in [3.05, 3.63) is 59.7 Å². The molecule has 0 radical (unpaired) electrons. The third kappa shape index (κ3) is 15.3. The molecule has 0 bridgehead atoms. The van der Waals surface area contributed by atoms with Crippen molar-refractivity contribution in [3.8, 4) is 11.5 Å². The fraction of sp³-hybridized carbons (Fsp3) is 0.739. The van der Waals surface area contributed by atoms with Gasteiger partial charge in [0, 0.05) is 0 Å². The van der Waals surface area contributed by atoms with Crippen LogP contribution < -0.4 is 9.47 Å². The van der Waals surface area contributed by atoms with E-state index in [0.717, 1.165) is 48.4 Å². The summed E-state index contributed by atoms with van der Waals surface area (Å²) in [6.07, 6.45) is 35.6. The summed E-state index contributed by atoms with van der Waals surface area (Å²) >= 11 is 0. The number of ether oxygens (including phenoxy) is 2. The largest absolute Gasteiger partial charge is 0.494 e. The second-order valence-corrected chi connectivity index (χ2v) is 15.8. The summed E-state index contributed by atoms with van der Waals surface area (Å²) in [6, 6.07) is 18.2. The molecule has 2 aliphatic carbocycles. The van der Waals surface area contributed by atoms with Gasteiger partial charge in [-0.25, -0.2) is 0 Å². The first-order valence-electron chi connectivity index (χ1n) is 21.2. The predicted molar refractivity (Wildman–Crippen MR) is 208 cm³/mol. The van der Waals surface area contributed by atoms with E-state index in [9.17, 15) is 0 Å². The van der Waals surface area contributed by atoms with Crippen LogP contribution in [0.4, 0.5) is 0 Å². The summed E-state index contributed by atoms with van der Waals surface area (Å²) < 4.78 is 12.2. The normalized spacial score (nSPS) is 21.3. The van der Waals surface area contributed by atoms with Crippen LogP contribution in [0.1, 0.15) is 204 Å². The minimum atomic E-state index is 0.767. The van der Waals surface area contributed by atoms with Gasteiger partial charge in [-0.15, -0.1) is 0 Å². The maximum Gasteiger partial charge on any atom is 0.119 e. The third-order valence-corrected chi connectivity index (χ3v) is 11.9. The lowest BCUT2D eigenvalue weighted by molar-refractivity contribution is 0.299. The SMILES string of the molecule is CCCCCC1CCC(c2ccc(OCCCCCCCCCCCCOc3ccc(C4CCC(CCCCC)CC4)cc3)cc2)CC1. The van der Waals surface area contributed by atoms with Crippen LogP contribution in [0.15, 0.2) is 48.5 Å². The Hall–Kier alpha value is -1.96. The lowest BCUT2D eigenvalue weighted by atomic mass is 9.77. The molecule has 2 fully saturated rings. The zero-order chi connectivity index (χ0) is 33.5. The van der Waals surface area contributed by atoms with Crippen molar-refractivity contribution in [2.24, 2.45) is 11.8 Å². The van der Waals surface area contributed by atoms with Gasteiger partial charge in [0.15, 0.2) is 0 Å². The molecule has 2 aromatic rings. The molecule has 2 nitrogen and oxygen atoms in total. The first-order chi connectivity index (χ1) is 23.7. The lowest BCUT2D eigenvalue weighted by Crippen LogP contribution is -2.13. The molecule has 0 spiro atoms. The van der Waals surface area contributed by atoms with Crippen LogP contribution in [0.25, 0.3) is 0 Å². The summed E-state index contributed by atoms with van der Waals surface area (Å²) in [6.45, 7) is 6.33. The van der Waals surface area contributed by atoms with E-state index in [1.807, 2.05) is 0 Å². The van der Waals surface area contributed by atoms with Crippen molar-refractivity contribution < 1.29 is 9.47 Å². The molecule has 2 heteroatoms. The molecule has 270 valence electrons. The fourth-order valence-electron chi connectivity index (χ4n) is 8.61. The number of benzene rings is 2. The minimum absolute atomic E-state index is 0.767. The highest BCUT2D eigenvalue weighted by atomic mass is 16.5. The van der Waals surface area contributed by atoms with Gasteiger partial charge in [-0.1, -0.05) is 141 Å². The molecular weight excluding hydrogens is 585 g/mol. The third-order valence-electron chi connectivity index (χ3n) is 11.9. The van der Waals surface area contributed by atoms with E-state index in [1.165, 1.54) is 178 Å². The average molecular weight is 659 g/mol. The topological polar surface area (TPSA) is 18.5 Å². The molecule has 0 aliphatic heterocycles. The number of unbranched alkanes of at least 4 members (excludes halogenated alkanes) is 13. The highest BCUT2D eigenvalue weighted by molar-refractivity contribution is 5.30. The van der Waals surface area contributed by atoms with E-state index in [1.54, 1.807) is 0 Å². The molecule has 2 saturated carbocycles. The molecule has 0 N–H and O–H groups in total. The van der Waals surface area contributed by atoms with Gasteiger partial charge in [0.25, 0.3) is 0 Å². The molecule has 0 unspecified atom stereocenters. The molecule has 0 amide bonds. The zero-order valence-electron chi connectivity index (χ0n) is 31.5. The fourth-order valence-corrected chi connectivity index (χ4v) is 8.61. The van der Waals surface area contributed by atoms with Crippen LogP contribution >= 0.6 is 0 Å². The van der Waals surface area contributed by atoms with Crippen LogP contribution in [0.5, 0.6) is 11.5 Å². The molecule has 0 saturated heterocycles. The van der Waals surface area contributed by atoms with Gasteiger partial charge in [0.2, 0.25) is 0 Å². The van der Waals surface area contributed by atoms with Crippen molar-refractivity contribution in [3.63, 3.8) is 0 Å². The van der Waals surface area contributed by atoms with Gasteiger partial charge in [-0.2, -0.15) is 0 Å². The Morgan fingerprint density at radius 2 is 0.729 bits per heavy atom. The summed E-state index contributed by atoms with van der Waals surface area (Å²) in [5.41, 5.74) is 3.06. The molecule has 2 aromatic carbocycles. The van der Waals surface area contributed by atoms with Gasteiger partial charge in [-0.3, -0.25) is 0 Å². The second-order valence-electron chi connectivity index (χ2n) is 15.8. The Labute approximate surface area is 297 Å². The minimum Gasteiger partial charge on any atom is -0.494 e. The van der Waals surface area contributed by atoms with Crippen LogP contribution in [0, 0.1) is 11.8 Å². The molecule has 0 atom stereocenters. The number of hydrogen-bond donors (Lipinski definition) is 0. The van der Waals surface area contributed by atoms with Crippen molar-refractivity contribution in [1.29, 1.82) is 0 Å². The van der Waals surface area contributed by atoms with Gasteiger partial charge in [0.05, 0.1) is 13.2 Å².